The summed E-state index contributed by atoms with van der Waals surface area (Å²) in [6.07, 6.45) is 0.653. The van der Waals surface area contributed by atoms with Gasteiger partial charge in [-0.15, -0.1) is 0 Å². The maximum Gasteiger partial charge on any atom is 0.296 e. The van der Waals surface area contributed by atoms with Crippen LogP contribution in [-0.2, 0) is 24.7 Å². The van der Waals surface area contributed by atoms with Gasteiger partial charge in [-0.1, -0.05) is 37.3 Å². The first-order chi connectivity index (χ1) is 17.8. The lowest BCUT2D eigenvalue weighted by atomic mass is 9.82. The molecule has 1 unspecified atom stereocenters. The first-order valence-corrected chi connectivity index (χ1v) is 12.6. The quantitative estimate of drug-likeness (QED) is 0.368. The molecule has 2 saturated heterocycles. The summed E-state index contributed by atoms with van der Waals surface area (Å²) in [5.41, 5.74) is -0.699. The lowest BCUT2D eigenvalue weighted by Crippen LogP contribution is -2.54. The molecule has 0 saturated carbocycles. The van der Waals surface area contributed by atoms with Gasteiger partial charge in [-0.3, -0.25) is 19.3 Å². The summed E-state index contributed by atoms with van der Waals surface area (Å²) in [5.74, 6) is -3.41. The van der Waals surface area contributed by atoms with E-state index < -0.39 is 34.7 Å². The van der Waals surface area contributed by atoms with Gasteiger partial charge >= 0.3 is 0 Å². The van der Waals surface area contributed by atoms with Crippen molar-refractivity contribution in [2.45, 2.75) is 25.8 Å². The fraction of sp³-hybridized carbons (Fsp3) is 0.393. The minimum Gasteiger partial charge on any atom is -0.507 e. The van der Waals surface area contributed by atoms with Crippen molar-refractivity contribution < 1.29 is 28.6 Å². The molecule has 2 amide bonds. The van der Waals surface area contributed by atoms with Crippen LogP contribution in [0, 0.1) is 12.7 Å². The highest BCUT2D eigenvalue weighted by atomic mass is 19.1. The van der Waals surface area contributed by atoms with Gasteiger partial charge in [-0.05, 0) is 31.0 Å². The number of Topliss-reactive ketones (excluding diaryl/α,β-unsaturated/α-hetero) is 1. The molecule has 2 aromatic carbocycles. The second kappa shape index (κ2) is 9.72. The van der Waals surface area contributed by atoms with Crippen LogP contribution in [-0.4, -0.2) is 78.4 Å². The summed E-state index contributed by atoms with van der Waals surface area (Å²) < 4.78 is 19.9. The Morgan fingerprint density at radius 1 is 1.05 bits per heavy atom. The highest BCUT2D eigenvalue weighted by molar-refractivity contribution is 6.50. The van der Waals surface area contributed by atoms with E-state index in [2.05, 4.69) is 4.90 Å². The SMILES string of the molecule is CCCN1C(=O)C2(/C(=C(\O)c3ccc(C)c(F)c3)C(=O)C(=O)N2CCN2CCOCC2)c2ccccc21. The Hall–Kier alpha value is -3.56. The lowest BCUT2D eigenvalue weighted by Gasteiger charge is -2.36. The summed E-state index contributed by atoms with van der Waals surface area (Å²) in [6.45, 7) is 6.91. The second-order valence-corrected chi connectivity index (χ2v) is 9.61. The van der Waals surface area contributed by atoms with E-state index >= 15 is 0 Å². The van der Waals surface area contributed by atoms with Crippen molar-refractivity contribution in [2.75, 3.05) is 50.8 Å². The average molecular weight is 508 g/mol. The summed E-state index contributed by atoms with van der Waals surface area (Å²) in [4.78, 5) is 46.5. The summed E-state index contributed by atoms with van der Waals surface area (Å²) in [7, 11) is 0. The summed E-state index contributed by atoms with van der Waals surface area (Å²) in [6, 6.07) is 11.1. The number of hydrogen-bond donors (Lipinski definition) is 1. The number of morpholine rings is 1. The molecule has 8 nitrogen and oxygen atoms in total. The maximum absolute atomic E-state index is 14.5. The maximum atomic E-state index is 14.5. The van der Waals surface area contributed by atoms with E-state index in [9.17, 15) is 23.9 Å². The third kappa shape index (κ3) is 3.84. The molecule has 0 radical (unpaired) electrons. The van der Waals surface area contributed by atoms with Crippen LogP contribution in [0.3, 0.4) is 0 Å². The Kier molecular flexibility index (Phi) is 6.59. The third-order valence-electron chi connectivity index (χ3n) is 7.45. The molecule has 194 valence electrons. The number of carbonyl (C=O) groups excluding carboxylic acids is 3. The van der Waals surface area contributed by atoms with Gasteiger partial charge in [0.1, 0.15) is 11.6 Å². The number of ketones is 1. The molecule has 3 aliphatic rings. The van der Waals surface area contributed by atoms with Crippen molar-refractivity contribution in [1.29, 1.82) is 0 Å². The van der Waals surface area contributed by atoms with Crippen molar-refractivity contribution in [2.24, 2.45) is 0 Å². The number of anilines is 1. The van der Waals surface area contributed by atoms with Gasteiger partial charge in [0.15, 0.2) is 5.54 Å². The molecule has 1 spiro atoms. The molecule has 37 heavy (non-hydrogen) atoms. The minimum absolute atomic E-state index is 0.0351. The summed E-state index contributed by atoms with van der Waals surface area (Å²) in [5, 5.41) is 11.5. The van der Waals surface area contributed by atoms with Crippen LogP contribution in [0.1, 0.15) is 30.0 Å². The predicted molar refractivity (Wildman–Crippen MR) is 135 cm³/mol. The van der Waals surface area contributed by atoms with Gasteiger partial charge in [0, 0.05) is 43.9 Å². The number of hydrogen-bond acceptors (Lipinski definition) is 6. The van der Waals surface area contributed by atoms with E-state index in [-0.39, 0.29) is 17.7 Å². The van der Waals surface area contributed by atoms with Crippen LogP contribution in [0.4, 0.5) is 10.1 Å². The zero-order valence-corrected chi connectivity index (χ0v) is 21.0. The number of nitrogens with zero attached hydrogens (tertiary/aromatic N) is 3. The van der Waals surface area contributed by atoms with Crippen LogP contribution >= 0.6 is 0 Å². The smallest absolute Gasteiger partial charge is 0.296 e. The molecular formula is C28H30FN3O5. The topological polar surface area (TPSA) is 90.4 Å². The Morgan fingerprint density at radius 3 is 2.49 bits per heavy atom. The first kappa shape index (κ1) is 25.1. The Bertz CT molecular complexity index is 1300. The molecule has 2 fully saturated rings. The van der Waals surface area contributed by atoms with Crippen LogP contribution < -0.4 is 4.90 Å². The van der Waals surface area contributed by atoms with E-state index in [1.807, 2.05) is 6.92 Å². The van der Waals surface area contributed by atoms with E-state index in [1.54, 1.807) is 36.1 Å². The van der Waals surface area contributed by atoms with Crippen molar-refractivity contribution in [3.05, 3.63) is 70.5 Å². The lowest BCUT2D eigenvalue weighted by molar-refractivity contribution is -0.144. The molecule has 0 aromatic heterocycles. The van der Waals surface area contributed by atoms with Crippen LogP contribution in [0.5, 0.6) is 0 Å². The number of benzene rings is 2. The average Bonchev–Trinajstić information content (AvgIpc) is 3.28. The highest BCUT2D eigenvalue weighted by Crippen LogP contribution is 2.53. The van der Waals surface area contributed by atoms with E-state index in [0.717, 1.165) is 6.07 Å². The first-order valence-electron chi connectivity index (χ1n) is 12.6. The largest absolute Gasteiger partial charge is 0.507 e. The summed E-state index contributed by atoms with van der Waals surface area (Å²) >= 11 is 0. The number of aliphatic hydroxyl groups is 1. The molecule has 0 bridgehead atoms. The number of ether oxygens (including phenoxy) is 1. The number of halogens is 1. The normalized spacial score (nSPS) is 23.4. The van der Waals surface area contributed by atoms with Gasteiger partial charge in [0.25, 0.3) is 17.6 Å². The highest BCUT2D eigenvalue weighted by Gasteiger charge is 2.66. The molecule has 0 aliphatic carbocycles. The standard InChI is InChI=1S/C28H30FN3O5/c1-3-10-31-22-7-5-4-6-20(22)28(27(31)36)23(24(33)19-9-8-18(2)21(29)17-19)25(34)26(35)32(28)12-11-30-13-15-37-16-14-30/h4-9,17,33H,3,10-16H2,1-2H3/b24-23-. The third-order valence-corrected chi connectivity index (χ3v) is 7.45. The van der Waals surface area contributed by atoms with E-state index in [1.165, 1.54) is 17.0 Å². The van der Waals surface area contributed by atoms with Crippen molar-refractivity contribution >= 4 is 29.0 Å². The second-order valence-electron chi connectivity index (χ2n) is 9.61. The van der Waals surface area contributed by atoms with Crippen molar-refractivity contribution in [3.8, 4) is 0 Å². The molecule has 5 rings (SSSR count). The fourth-order valence-corrected chi connectivity index (χ4v) is 5.56. The van der Waals surface area contributed by atoms with Gasteiger partial charge in [-0.25, -0.2) is 4.39 Å². The number of aliphatic hydroxyl groups excluding tert-OH is 1. The van der Waals surface area contributed by atoms with Crippen LogP contribution in [0.15, 0.2) is 48.0 Å². The molecular weight excluding hydrogens is 477 g/mol. The zero-order valence-electron chi connectivity index (χ0n) is 21.0. The Balaban J connectivity index is 1.72. The minimum atomic E-state index is -1.84. The molecule has 3 heterocycles. The molecule has 3 aliphatic heterocycles. The van der Waals surface area contributed by atoms with Gasteiger partial charge in [0.2, 0.25) is 0 Å². The molecule has 1 N–H and O–H groups in total. The number of para-hydroxylation sites is 1. The van der Waals surface area contributed by atoms with Crippen molar-refractivity contribution in [3.63, 3.8) is 0 Å². The Labute approximate surface area is 214 Å². The number of aryl methyl sites for hydroxylation is 1. The van der Waals surface area contributed by atoms with Crippen LogP contribution in [0.25, 0.3) is 5.76 Å². The molecule has 2 aromatic rings. The number of amides is 2. The number of carbonyl (C=O) groups is 3. The molecule has 9 heteroatoms. The van der Waals surface area contributed by atoms with Crippen LogP contribution in [0.2, 0.25) is 0 Å². The number of fused-ring (bicyclic) bond motifs is 2. The van der Waals surface area contributed by atoms with E-state index in [0.29, 0.717) is 62.6 Å². The number of rotatable bonds is 6. The molecule has 1 atom stereocenters. The van der Waals surface area contributed by atoms with Gasteiger partial charge in [-0.2, -0.15) is 0 Å². The van der Waals surface area contributed by atoms with Crippen molar-refractivity contribution in [1.82, 2.24) is 9.80 Å². The predicted octanol–water partition coefficient (Wildman–Crippen LogP) is 2.80. The Morgan fingerprint density at radius 2 is 1.78 bits per heavy atom. The van der Waals surface area contributed by atoms with E-state index in [4.69, 9.17) is 4.74 Å². The zero-order chi connectivity index (χ0) is 26.3. The van der Waals surface area contributed by atoms with Gasteiger partial charge in [0.05, 0.1) is 24.5 Å². The number of likely N-dealkylation sites (tertiary alicyclic amines) is 1. The monoisotopic (exact) mass is 507 g/mol. The van der Waals surface area contributed by atoms with Gasteiger partial charge < -0.3 is 19.6 Å². The fourth-order valence-electron chi connectivity index (χ4n) is 5.56.